The maximum absolute atomic E-state index is 14.4. The Hall–Kier alpha value is -5.21. The molecule has 1 aliphatic heterocycles. The summed E-state index contributed by atoms with van der Waals surface area (Å²) in [5, 5.41) is 2.84. The summed E-state index contributed by atoms with van der Waals surface area (Å²) in [5.41, 5.74) is 3.84. The van der Waals surface area contributed by atoms with Gasteiger partial charge in [0.25, 0.3) is 5.56 Å². The molecule has 0 saturated heterocycles. The lowest BCUT2D eigenvalue weighted by Crippen LogP contribution is -2.40. The average Bonchev–Trinajstić information content (AvgIpc) is 3.60. The Kier molecular flexibility index (Phi) is 6.75. The van der Waals surface area contributed by atoms with E-state index in [1.54, 1.807) is 18.6 Å². The number of ether oxygens (including phenoxy) is 2. The normalized spacial score (nSPS) is 15.0. The van der Waals surface area contributed by atoms with E-state index in [4.69, 9.17) is 14.5 Å². The minimum absolute atomic E-state index is 0.175. The summed E-state index contributed by atoms with van der Waals surface area (Å²) < 4.78 is 13.7. The van der Waals surface area contributed by atoms with Crippen molar-refractivity contribution in [2.24, 2.45) is 4.99 Å². The summed E-state index contributed by atoms with van der Waals surface area (Å²) >= 11 is 1.30. The number of nitrogens with one attached hydrogen (secondary N) is 1. The van der Waals surface area contributed by atoms with Gasteiger partial charge < -0.3 is 14.5 Å². The molecule has 4 aromatic carbocycles. The van der Waals surface area contributed by atoms with E-state index in [9.17, 15) is 9.59 Å². The van der Waals surface area contributed by atoms with Crippen LogP contribution in [-0.4, -0.2) is 29.2 Å². The number of carbonyl (C=O) groups is 1. The van der Waals surface area contributed by atoms with Gasteiger partial charge in [0.15, 0.2) is 4.80 Å². The number of methoxy groups -OCH3 is 1. The van der Waals surface area contributed by atoms with Crippen LogP contribution in [0.15, 0.2) is 113 Å². The molecular weight excluding hydrogens is 558 g/mol. The second-order valence-electron chi connectivity index (χ2n) is 10.1. The number of para-hydroxylation sites is 1. The number of fused-ring (bicyclic) bond motifs is 3. The Morgan fingerprint density at radius 2 is 1.72 bits per heavy atom. The first-order chi connectivity index (χ1) is 21.1. The standard InChI is InChI=1S/C35H27N3O4S/c1-3-42-34(40)30-31(22-12-5-4-6-13-22)37-35-38(32(30)29-25-15-8-7-11-21(25)17-18-27(29)41-2)33(39)28(43-35)19-23-20-36-26-16-10-9-14-24(23)26/h4-20,32,36H,3H2,1-2H3/t32-/m1/s1. The monoisotopic (exact) mass is 585 g/mol. The van der Waals surface area contributed by atoms with Crippen molar-refractivity contribution >= 4 is 50.8 Å². The van der Waals surface area contributed by atoms with Crippen molar-refractivity contribution < 1.29 is 14.3 Å². The largest absolute Gasteiger partial charge is 0.496 e. The maximum Gasteiger partial charge on any atom is 0.338 e. The molecule has 6 aromatic rings. The molecule has 1 N–H and O–H groups in total. The van der Waals surface area contributed by atoms with Crippen molar-refractivity contribution in [3.8, 4) is 5.75 Å². The van der Waals surface area contributed by atoms with Gasteiger partial charge in [0.1, 0.15) is 11.8 Å². The van der Waals surface area contributed by atoms with Crippen LogP contribution in [0.5, 0.6) is 5.75 Å². The highest BCUT2D eigenvalue weighted by Crippen LogP contribution is 2.42. The van der Waals surface area contributed by atoms with Gasteiger partial charge in [0.2, 0.25) is 0 Å². The summed E-state index contributed by atoms with van der Waals surface area (Å²) in [6.45, 7) is 1.94. The lowest BCUT2D eigenvalue weighted by Gasteiger charge is -2.28. The van der Waals surface area contributed by atoms with Crippen LogP contribution in [0.1, 0.15) is 29.7 Å². The highest BCUT2D eigenvalue weighted by atomic mass is 32.1. The predicted octanol–water partition coefficient (Wildman–Crippen LogP) is 5.58. The van der Waals surface area contributed by atoms with E-state index < -0.39 is 12.0 Å². The van der Waals surface area contributed by atoms with Crippen molar-refractivity contribution in [3.05, 3.63) is 139 Å². The highest BCUT2D eigenvalue weighted by Gasteiger charge is 2.37. The zero-order valence-corrected chi connectivity index (χ0v) is 24.4. The molecule has 0 unspecified atom stereocenters. The predicted molar refractivity (Wildman–Crippen MR) is 170 cm³/mol. The Morgan fingerprint density at radius 1 is 0.977 bits per heavy atom. The number of carbonyl (C=O) groups excluding carboxylic acids is 1. The number of thiazole rings is 1. The van der Waals surface area contributed by atoms with E-state index in [2.05, 4.69) is 4.98 Å². The van der Waals surface area contributed by atoms with Crippen LogP contribution in [0.2, 0.25) is 0 Å². The van der Waals surface area contributed by atoms with Crippen LogP contribution in [0.4, 0.5) is 0 Å². The van der Waals surface area contributed by atoms with E-state index in [-0.39, 0.29) is 17.7 Å². The zero-order valence-electron chi connectivity index (χ0n) is 23.5. The number of aromatic amines is 1. The van der Waals surface area contributed by atoms with Crippen LogP contribution >= 0.6 is 11.3 Å². The molecule has 0 radical (unpaired) electrons. The van der Waals surface area contributed by atoms with Crippen molar-refractivity contribution in [1.82, 2.24) is 9.55 Å². The van der Waals surface area contributed by atoms with Crippen molar-refractivity contribution in [2.45, 2.75) is 13.0 Å². The van der Waals surface area contributed by atoms with Crippen LogP contribution < -0.4 is 19.6 Å². The third-order valence-electron chi connectivity index (χ3n) is 7.71. The third-order valence-corrected chi connectivity index (χ3v) is 8.69. The van der Waals surface area contributed by atoms with Crippen LogP contribution in [-0.2, 0) is 9.53 Å². The van der Waals surface area contributed by atoms with Gasteiger partial charge in [-0.05, 0) is 35.9 Å². The number of rotatable bonds is 6. The molecule has 0 bridgehead atoms. The number of nitrogens with zero attached hydrogens (tertiary/aromatic N) is 2. The molecule has 7 rings (SSSR count). The van der Waals surface area contributed by atoms with Gasteiger partial charge in [-0.3, -0.25) is 9.36 Å². The molecule has 0 amide bonds. The van der Waals surface area contributed by atoms with E-state index >= 15 is 0 Å². The molecule has 0 fully saturated rings. The lowest BCUT2D eigenvalue weighted by molar-refractivity contribution is -0.138. The minimum atomic E-state index is -0.850. The second-order valence-corrected chi connectivity index (χ2v) is 11.1. The number of hydrogen-bond acceptors (Lipinski definition) is 6. The van der Waals surface area contributed by atoms with Crippen molar-refractivity contribution in [2.75, 3.05) is 13.7 Å². The van der Waals surface area contributed by atoms with Gasteiger partial charge in [-0.15, -0.1) is 0 Å². The molecule has 43 heavy (non-hydrogen) atoms. The van der Waals surface area contributed by atoms with Crippen LogP contribution in [0, 0.1) is 0 Å². The fourth-order valence-corrected chi connectivity index (χ4v) is 6.80. The molecule has 0 spiro atoms. The number of hydrogen-bond donors (Lipinski definition) is 1. The summed E-state index contributed by atoms with van der Waals surface area (Å²) in [6.07, 6.45) is 3.78. The lowest BCUT2D eigenvalue weighted by atomic mass is 9.89. The fourth-order valence-electron chi connectivity index (χ4n) is 5.80. The molecule has 1 atom stereocenters. The highest BCUT2D eigenvalue weighted by molar-refractivity contribution is 7.07. The summed E-state index contributed by atoms with van der Waals surface area (Å²) in [4.78, 5) is 37.1. The molecule has 7 nitrogen and oxygen atoms in total. The van der Waals surface area contributed by atoms with Gasteiger partial charge in [0, 0.05) is 33.8 Å². The topological polar surface area (TPSA) is 85.7 Å². The van der Waals surface area contributed by atoms with Gasteiger partial charge in [-0.1, -0.05) is 90.2 Å². The Morgan fingerprint density at radius 3 is 2.51 bits per heavy atom. The van der Waals surface area contributed by atoms with E-state index in [0.717, 1.165) is 32.8 Å². The quantitative estimate of drug-likeness (QED) is 0.259. The molecule has 3 heterocycles. The summed E-state index contributed by atoms with van der Waals surface area (Å²) in [5.74, 6) is 0.0296. The smallest absolute Gasteiger partial charge is 0.338 e. The minimum Gasteiger partial charge on any atom is -0.496 e. The molecule has 0 saturated carbocycles. The van der Waals surface area contributed by atoms with Gasteiger partial charge in [-0.25, -0.2) is 9.79 Å². The third kappa shape index (κ3) is 4.47. The maximum atomic E-state index is 14.4. The number of H-pyrrole nitrogens is 1. The van der Waals surface area contributed by atoms with E-state index in [0.29, 0.717) is 26.3 Å². The molecular formula is C35H27N3O4S. The first kappa shape index (κ1) is 26.7. The van der Waals surface area contributed by atoms with Crippen molar-refractivity contribution in [1.29, 1.82) is 0 Å². The van der Waals surface area contributed by atoms with Gasteiger partial charge >= 0.3 is 5.97 Å². The molecule has 8 heteroatoms. The van der Waals surface area contributed by atoms with Crippen LogP contribution in [0.3, 0.4) is 0 Å². The van der Waals surface area contributed by atoms with Gasteiger partial charge in [-0.2, -0.15) is 0 Å². The average molecular weight is 586 g/mol. The van der Waals surface area contributed by atoms with Crippen molar-refractivity contribution in [3.63, 3.8) is 0 Å². The summed E-state index contributed by atoms with van der Waals surface area (Å²) in [7, 11) is 1.60. The second kappa shape index (κ2) is 10.9. The van der Waals surface area contributed by atoms with Gasteiger partial charge in [0.05, 0.1) is 29.5 Å². The molecule has 212 valence electrons. The molecule has 2 aromatic heterocycles. The Labute approximate surface area is 250 Å². The van der Waals surface area contributed by atoms with E-state index in [1.165, 1.54) is 11.3 Å². The first-order valence-electron chi connectivity index (χ1n) is 14.0. The molecule has 1 aliphatic rings. The number of aromatic nitrogens is 2. The molecule has 0 aliphatic carbocycles. The SMILES string of the molecule is CCOC(=O)C1=C(c2ccccc2)N=c2sc(=Cc3c[nH]c4ccccc34)c(=O)n2[C@@H]1c1c(OC)ccc2ccccc12. The fraction of sp³-hybridized carbons (Fsp3) is 0.114. The van der Waals surface area contributed by atoms with E-state index in [1.807, 2.05) is 103 Å². The number of benzene rings is 4. The van der Waals surface area contributed by atoms with Crippen LogP contribution in [0.25, 0.3) is 33.4 Å². The Balaban J connectivity index is 1.60. The Bertz CT molecular complexity index is 2240. The number of esters is 1. The summed E-state index contributed by atoms with van der Waals surface area (Å²) in [6, 6.07) is 28.4. The zero-order chi connectivity index (χ0) is 29.5. The first-order valence-corrected chi connectivity index (χ1v) is 14.8.